The SMILES string of the molecule is Cc1ccc(NC(=O)c2ccc3nc4c(nc3c2)C2CCC4C2)cc1C. The lowest BCUT2D eigenvalue weighted by atomic mass is 10.00. The summed E-state index contributed by atoms with van der Waals surface area (Å²) >= 11 is 0. The minimum atomic E-state index is -0.112. The van der Waals surface area contributed by atoms with Gasteiger partial charge in [0.05, 0.1) is 22.4 Å². The van der Waals surface area contributed by atoms with Gasteiger partial charge in [0.2, 0.25) is 0 Å². The molecule has 0 spiro atoms. The lowest BCUT2D eigenvalue weighted by molar-refractivity contribution is 0.102. The number of anilines is 1. The van der Waals surface area contributed by atoms with E-state index in [1.54, 1.807) is 0 Å². The number of amides is 1. The third-order valence-corrected chi connectivity index (χ3v) is 5.95. The van der Waals surface area contributed by atoms with E-state index in [0.717, 1.165) is 22.3 Å². The van der Waals surface area contributed by atoms with Crippen LogP contribution in [0.5, 0.6) is 0 Å². The number of fused-ring (bicyclic) bond motifs is 6. The minimum Gasteiger partial charge on any atom is -0.322 e. The van der Waals surface area contributed by atoms with Crippen LogP contribution in [-0.2, 0) is 0 Å². The molecular weight excluding hydrogens is 322 g/mol. The number of carbonyl (C=O) groups excluding carboxylic acids is 1. The number of aromatic nitrogens is 2. The largest absolute Gasteiger partial charge is 0.322 e. The number of carbonyl (C=O) groups is 1. The van der Waals surface area contributed by atoms with Gasteiger partial charge in [-0.1, -0.05) is 6.07 Å². The van der Waals surface area contributed by atoms with Crippen molar-refractivity contribution in [1.82, 2.24) is 9.97 Å². The monoisotopic (exact) mass is 343 g/mol. The quantitative estimate of drug-likeness (QED) is 0.722. The molecule has 2 unspecified atom stereocenters. The van der Waals surface area contributed by atoms with Crippen molar-refractivity contribution in [2.24, 2.45) is 0 Å². The number of aryl methyl sites for hydroxylation is 2. The Hall–Kier alpha value is -2.75. The summed E-state index contributed by atoms with van der Waals surface area (Å²) in [7, 11) is 0. The molecule has 26 heavy (non-hydrogen) atoms. The standard InChI is InChI=1S/C22H21N3O/c1-12-3-7-17(9-13(12)2)23-22(26)16-6-8-18-19(11-16)25-21-15-5-4-14(10-15)20(21)24-18/h3,6-9,11,14-15H,4-5,10H2,1-2H3,(H,23,26). The maximum atomic E-state index is 12.7. The molecule has 5 rings (SSSR count). The fourth-order valence-electron chi connectivity index (χ4n) is 4.32. The van der Waals surface area contributed by atoms with E-state index >= 15 is 0 Å². The third kappa shape index (κ3) is 2.40. The molecule has 1 amide bonds. The summed E-state index contributed by atoms with van der Waals surface area (Å²) in [4.78, 5) is 22.4. The maximum Gasteiger partial charge on any atom is 0.255 e. The summed E-state index contributed by atoms with van der Waals surface area (Å²) in [5.74, 6) is 1.05. The van der Waals surface area contributed by atoms with E-state index in [1.807, 2.05) is 43.3 Å². The van der Waals surface area contributed by atoms with Crippen LogP contribution in [0, 0.1) is 13.8 Å². The molecule has 2 aliphatic rings. The van der Waals surface area contributed by atoms with Crippen molar-refractivity contribution in [2.75, 3.05) is 5.32 Å². The minimum absolute atomic E-state index is 0.112. The first kappa shape index (κ1) is 15.5. The molecule has 1 saturated carbocycles. The van der Waals surface area contributed by atoms with Crippen molar-refractivity contribution in [3.8, 4) is 0 Å². The number of nitrogens with zero attached hydrogens (tertiary/aromatic N) is 2. The van der Waals surface area contributed by atoms with Gasteiger partial charge >= 0.3 is 0 Å². The number of rotatable bonds is 2. The van der Waals surface area contributed by atoms with Crippen LogP contribution in [0.15, 0.2) is 36.4 Å². The van der Waals surface area contributed by atoms with Gasteiger partial charge in [-0.2, -0.15) is 0 Å². The Morgan fingerprint density at radius 1 is 0.923 bits per heavy atom. The van der Waals surface area contributed by atoms with Gasteiger partial charge in [-0.3, -0.25) is 4.79 Å². The smallest absolute Gasteiger partial charge is 0.255 e. The Balaban J connectivity index is 1.47. The summed E-state index contributed by atoms with van der Waals surface area (Å²) in [6.07, 6.45) is 3.67. The number of nitrogens with one attached hydrogen (secondary N) is 1. The molecule has 0 radical (unpaired) electrons. The molecule has 1 heterocycles. The topological polar surface area (TPSA) is 54.9 Å². The van der Waals surface area contributed by atoms with E-state index in [-0.39, 0.29) is 5.91 Å². The molecule has 2 atom stereocenters. The Morgan fingerprint density at radius 2 is 1.65 bits per heavy atom. The van der Waals surface area contributed by atoms with Crippen LogP contribution >= 0.6 is 0 Å². The molecule has 3 aromatic rings. The van der Waals surface area contributed by atoms with Crippen LogP contribution in [0.2, 0.25) is 0 Å². The average molecular weight is 343 g/mol. The maximum absolute atomic E-state index is 12.7. The zero-order chi connectivity index (χ0) is 17.8. The summed E-state index contributed by atoms with van der Waals surface area (Å²) < 4.78 is 0. The van der Waals surface area contributed by atoms with E-state index in [4.69, 9.17) is 9.97 Å². The van der Waals surface area contributed by atoms with E-state index in [2.05, 4.69) is 12.2 Å². The fourth-order valence-corrected chi connectivity index (χ4v) is 4.32. The predicted octanol–water partition coefficient (Wildman–Crippen LogP) is 4.86. The highest BCUT2D eigenvalue weighted by Crippen LogP contribution is 2.51. The summed E-state index contributed by atoms with van der Waals surface area (Å²) in [5.41, 5.74) is 7.89. The molecule has 4 nitrogen and oxygen atoms in total. The highest BCUT2D eigenvalue weighted by Gasteiger charge is 2.39. The molecular formula is C22H21N3O. The van der Waals surface area contributed by atoms with Gasteiger partial charge in [0.15, 0.2) is 0 Å². The molecule has 1 aromatic heterocycles. The molecule has 0 aliphatic heterocycles. The second kappa shape index (κ2) is 5.63. The second-order valence-corrected chi connectivity index (χ2v) is 7.66. The van der Waals surface area contributed by atoms with Crippen molar-refractivity contribution in [3.05, 3.63) is 64.5 Å². The van der Waals surface area contributed by atoms with Crippen molar-refractivity contribution in [3.63, 3.8) is 0 Å². The Kier molecular flexibility index (Phi) is 3.36. The van der Waals surface area contributed by atoms with Crippen LogP contribution < -0.4 is 5.32 Å². The third-order valence-electron chi connectivity index (χ3n) is 5.95. The van der Waals surface area contributed by atoms with Gasteiger partial charge in [0.1, 0.15) is 0 Å². The molecule has 2 bridgehead atoms. The van der Waals surface area contributed by atoms with Crippen molar-refractivity contribution >= 4 is 22.6 Å². The van der Waals surface area contributed by atoms with Crippen molar-refractivity contribution in [2.45, 2.75) is 44.9 Å². The molecule has 1 N–H and O–H groups in total. The Morgan fingerprint density at radius 3 is 2.38 bits per heavy atom. The van der Waals surface area contributed by atoms with Gasteiger partial charge in [-0.15, -0.1) is 0 Å². The average Bonchev–Trinajstić information content (AvgIpc) is 3.25. The molecule has 2 aliphatic carbocycles. The second-order valence-electron chi connectivity index (χ2n) is 7.66. The molecule has 1 fully saturated rings. The molecule has 130 valence electrons. The molecule has 2 aromatic carbocycles. The first-order chi connectivity index (χ1) is 12.6. The Bertz CT molecular complexity index is 1060. The summed E-state index contributed by atoms with van der Waals surface area (Å²) in [6.45, 7) is 4.11. The number of benzene rings is 2. The normalized spacial score (nSPS) is 20.4. The first-order valence-corrected chi connectivity index (χ1v) is 9.28. The van der Waals surface area contributed by atoms with Gasteiger partial charge in [-0.25, -0.2) is 9.97 Å². The Labute approximate surface area is 152 Å². The summed E-state index contributed by atoms with van der Waals surface area (Å²) in [6, 6.07) is 11.6. The van der Waals surface area contributed by atoms with E-state index < -0.39 is 0 Å². The van der Waals surface area contributed by atoms with Crippen LogP contribution in [0.4, 0.5) is 5.69 Å². The lowest BCUT2D eigenvalue weighted by Gasteiger charge is -2.14. The van der Waals surface area contributed by atoms with Crippen LogP contribution in [-0.4, -0.2) is 15.9 Å². The number of hydrogen-bond acceptors (Lipinski definition) is 3. The van der Waals surface area contributed by atoms with Crippen LogP contribution in [0.3, 0.4) is 0 Å². The van der Waals surface area contributed by atoms with Crippen LogP contribution in [0.1, 0.15) is 64.0 Å². The van der Waals surface area contributed by atoms with E-state index in [1.165, 1.54) is 36.2 Å². The zero-order valence-corrected chi connectivity index (χ0v) is 15.0. The highest BCUT2D eigenvalue weighted by atomic mass is 16.1. The van der Waals surface area contributed by atoms with Crippen molar-refractivity contribution < 1.29 is 4.79 Å². The van der Waals surface area contributed by atoms with Crippen molar-refractivity contribution in [1.29, 1.82) is 0 Å². The fraction of sp³-hybridized carbons (Fsp3) is 0.318. The lowest BCUT2D eigenvalue weighted by Crippen LogP contribution is -2.12. The summed E-state index contributed by atoms with van der Waals surface area (Å²) in [5, 5.41) is 2.98. The van der Waals surface area contributed by atoms with Gasteiger partial charge in [0.25, 0.3) is 5.91 Å². The highest BCUT2D eigenvalue weighted by molar-refractivity contribution is 6.06. The first-order valence-electron chi connectivity index (χ1n) is 9.28. The predicted molar refractivity (Wildman–Crippen MR) is 103 cm³/mol. The van der Waals surface area contributed by atoms with Gasteiger partial charge in [-0.05, 0) is 74.6 Å². The van der Waals surface area contributed by atoms with E-state index in [9.17, 15) is 4.79 Å². The van der Waals surface area contributed by atoms with Crippen LogP contribution in [0.25, 0.3) is 11.0 Å². The van der Waals surface area contributed by atoms with Gasteiger partial charge < -0.3 is 5.32 Å². The van der Waals surface area contributed by atoms with E-state index in [0.29, 0.717) is 17.4 Å². The molecule has 0 saturated heterocycles. The zero-order valence-electron chi connectivity index (χ0n) is 15.0. The van der Waals surface area contributed by atoms with Gasteiger partial charge in [0, 0.05) is 23.1 Å². The number of hydrogen-bond donors (Lipinski definition) is 1. The molecule has 4 heteroatoms.